The SMILES string of the molecule is O=C(NCc1ccc(F)cc1)NCc1cncc(-c2ccco2)c1. The zero-order valence-corrected chi connectivity index (χ0v) is 12.8. The highest BCUT2D eigenvalue weighted by molar-refractivity contribution is 5.73. The summed E-state index contributed by atoms with van der Waals surface area (Å²) in [5.41, 5.74) is 2.54. The zero-order chi connectivity index (χ0) is 16.8. The number of amides is 2. The van der Waals surface area contributed by atoms with Crippen molar-refractivity contribution in [3.8, 4) is 11.3 Å². The van der Waals surface area contributed by atoms with E-state index in [-0.39, 0.29) is 11.8 Å². The zero-order valence-electron chi connectivity index (χ0n) is 12.8. The van der Waals surface area contributed by atoms with Gasteiger partial charge in [0.1, 0.15) is 11.6 Å². The van der Waals surface area contributed by atoms with Gasteiger partial charge in [0.25, 0.3) is 0 Å². The first-order valence-corrected chi connectivity index (χ1v) is 7.44. The highest BCUT2D eigenvalue weighted by atomic mass is 19.1. The molecule has 0 spiro atoms. The van der Waals surface area contributed by atoms with Crippen molar-refractivity contribution in [1.29, 1.82) is 0 Å². The van der Waals surface area contributed by atoms with E-state index in [1.165, 1.54) is 12.1 Å². The van der Waals surface area contributed by atoms with Crippen LogP contribution in [0.15, 0.2) is 65.5 Å². The third-order valence-corrected chi connectivity index (χ3v) is 3.42. The molecule has 0 fully saturated rings. The third kappa shape index (κ3) is 4.19. The van der Waals surface area contributed by atoms with Gasteiger partial charge in [-0.2, -0.15) is 0 Å². The summed E-state index contributed by atoms with van der Waals surface area (Å²) in [7, 11) is 0. The number of nitrogens with zero attached hydrogens (tertiary/aromatic N) is 1. The quantitative estimate of drug-likeness (QED) is 0.755. The number of carbonyl (C=O) groups is 1. The van der Waals surface area contributed by atoms with E-state index in [2.05, 4.69) is 15.6 Å². The largest absolute Gasteiger partial charge is 0.464 e. The Balaban J connectivity index is 1.51. The van der Waals surface area contributed by atoms with E-state index in [0.29, 0.717) is 13.1 Å². The second-order valence-electron chi connectivity index (χ2n) is 5.22. The molecule has 3 aromatic rings. The summed E-state index contributed by atoms with van der Waals surface area (Å²) in [4.78, 5) is 16.0. The van der Waals surface area contributed by atoms with E-state index >= 15 is 0 Å². The van der Waals surface area contributed by atoms with Crippen molar-refractivity contribution in [3.63, 3.8) is 0 Å². The standard InChI is InChI=1S/C18H16FN3O2/c19-16-5-3-13(4-6-16)10-21-18(23)22-11-14-8-15(12-20-9-14)17-2-1-7-24-17/h1-9,12H,10-11H2,(H2,21,22,23). The molecule has 2 amide bonds. The molecule has 2 heterocycles. The van der Waals surface area contributed by atoms with Crippen LogP contribution in [-0.4, -0.2) is 11.0 Å². The molecule has 1 aromatic carbocycles. The van der Waals surface area contributed by atoms with Gasteiger partial charge in [0.15, 0.2) is 0 Å². The average Bonchev–Trinajstić information content (AvgIpc) is 3.14. The monoisotopic (exact) mass is 325 g/mol. The number of pyridine rings is 1. The lowest BCUT2D eigenvalue weighted by Crippen LogP contribution is -2.34. The number of aromatic nitrogens is 1. The van der Waals surface area contributed by atoms with Crippen LogP contribution >= 0.6 is 0 Å². The van der Waals surface area contributed by atoms with Gasteiger partial charge in [0.05, 0.1) is 6.26 Å². The summed E-state index contributed by atoms with van der Waals surface area (Å²) >= 11 is 0. The molecular weight excluding hydrogens is 309 g/mol. The molecule has 0 saturated carbocycles. The maximum absolute atomic E-state index is 12.8. The Kier molecular flexibility index (Phi) is 4.86. The first-order chi connectivity index (χ1) is 11.7. The van der Waals surface area contributed by atoms with Gasteiger partial charge in [-0.25, -0.2) is 9.18 Å². The predicted molar refractivity (Wildman–Crippen MR) is 87.4 cm³/mol. The van der Waals surface area contributed by atoms with Crippen molar-refractivity contribution in [3.05, 3.63) is 78.1 Å². The van der Waals surface area contributed by atoms with Gasteiger partial charge >= 0.3 is 6.03 Å². The van der Waals surface area contributed by atoms with Crippen LogP contribution in [0.1, 0.15) is 11.1 Å². The smallest absolute Gasteiger partial charge is 0.315 e. The molecule has 0 atom stereocenters. The van der Waals surface area contributed by atoms with Crippen molar-refractivity contribution >= 4 is 6.03 Å². The molecule has 2 aromatic heterocycles. The molecule has 0 saturated heterocycles. The van der Waals surface area contributed by atoms with Crippen molar-refractivity contribution in [2.75, 3.05) is 0 Å². The van der Waals surface area contributed by atoms with Gasteiger partial charge in [0.2, 0.25) is 0 Å². The van der Waals surface area contributed by atoms with Crippen LogP contribution in [0.5, 0.6) is 0 Å². The first kappa shape index (κ1) is 15.7. The van der Waals surface area contributed by atoms with Crippen LogP contribution in [0, 0.1) is 5.82 Å². The predicted octanol–water partition coefficient (Wildman–Crippen LogP) is 3.48. The lowest BCUT2D eigenvalue weighted by atomic mass is 10.1. The lowest BCUT2D eigenvalue weighted by Gasteiger charge is -2.08. The van der Waals surface area contributed by atoms with Gasteiger partial charge in [-0.3, -0.25) is 4.98 Å². The van der Waals surface area contributed by atoms with Gasteiger partial charge in [-0.05, 0) is 41.5 Å². The molecule has 0 aliphatic carbocycles. The van der Waals surface area contributed by atoms with Crippen molar-refractivity contribution < 1.29 is 13.6 Å². The fraction of sp³-hybridized carbons (Fsp3) is 0.111. The number of urea groups is 1. The Hall–Kier alpha value is -3.15. The summed E-state index contributed by atoms with van der Waals surface area (Å²) in [6, 6.07) is 11.3. The molecule has 24 heavy (non-hydrogen) atoms. The number of halogens is 1. The molecule has 3 rings (SSSR count). The number of furan rings is 1. The number of carbonyl (C=O) groups excluding carboxylic acids is 1. The number of benzene rings is 1. The molecule has 0 aliphatic heterocycles. The van der Waals surface area contributed by atoms with Crippen LogP contribution in [0.3, 0.4) is 0 Å². The number of nitrogens with one attached hydrogen (secondary N) is 2. The van der Waals surface area contributed by atoms with Crippen LogP contribution in [-0.2, 0) is 13.1 Å². The summed E-state index contributed by atoms with van der Waals surface area (Å²) in [6.07, 6.45) is 4.99. The second kappa shape index (κ2) is 7.41. The summed E-state index contributed by atoms with van der Waals surface area (Å²) < 4.78 is 18.1. The summed E-state index contributed by atoms with van der Waals surface area (Å²) in [6.45, 7) is 0.674. The minimum Gasteiger partial charge on any atom is -0.464 e. The highest BCUT2D eigenvalue weighted by Crippen LogP contribution is 2.19. The van der Waals surface area contributed by atoms with Gasteiger partial charge in [-0.1, -0.05) is 12.1 Å². The van der Waals surface area contributed by atoms with E-state index in [4.69, 9.17) is 4.42 Å². The molecule has 0 unspecified atom stereocenters. The Morgan fingerprint density at radius 2 is 1.79 bits per heavy atom. The maximum atomic E-state index is 12.8. The van der Waals surface area contributed by atoms with Crippen molar-refractivity contribution in [1.82, 2.24) is 15.6 Å². The van der Waals surface area contributed by atoms with Crippen LogP contribution in [0.2, 0.25) is 0 Å². The van der Waals surface area contributed by atoms with Gasteiger partial charge in [0, 0.05) is 31.0 Å². The van der Waals surface area contributed by atoms with Crippen LogP contribution in [0.25, 0.3) is 11.3 Å². The molecule has 6 heteroatoms. The number of rotatable bonds is 5. The van der Waals surface area contributed by atoms with E-state index < -0.39 is 0 Å². The highest BCUT2D eigenvalue weighted by Gasteiger charge is 2.05. The Bertz CT molecular complexity index is 801. The molecule has 0 aliphatic rings. The normalized spacial score (nSPS) is 10.4. The lowest BCUT2D eigenvalue weighted by molar-refractivity contribution is 0.240. The van der Waals surface area contributed by atoms with Gasteiger partial charge in [-0.15, -0.1) is 0 Å². The minimum absolute atomic E-state index is 0.299. The molecule has 0 radical (unpaired) electrons. The third-order valence-electron chi connectivity index (χ3n) is 3.42. The fourth-order valence-corrected chi connectivity index (χ4v) is 2.19. The molecular formula is C18H16FN3O2. The van der Waals surface area contributed by atoms with Crippen molar-refractivity contribution in [2.45, 2.75) is 13.1 Å². The van der Waals surface area contributed by atoms with Crippen molar-refractivity contribution in [2.24, 2.45) is 0 Å². The van der Waals surface area contributed by atoms with Crippen LogP contribution < -0.4 is 10.6 Å². The molecule has 0 bridgehead atoms. The summed E-state index contributed by atoms with van der Waals surface area (Å²) in [5.74, 6) is 0.428. The minimum atomic E-state index is -0.303. The van der Waals surface area contributed by atoms with E-state index in [1.807, 2.05) is 18.2 Å². The van der Waals surface area contributed by atoms with E-state index in [9.17, 15) is 9.18 Å². The Morgan fingerprint density at radius 3 is 2.50 bits per heavy atom. The first-order valence-electron chi connectivity index (χ1n) is 7.44. The number of hydrogen-bond donors (Lipinski definition) is 2. The molecule has 2 N–H and O–H groups in total. The Morgan fingerprint density at radius 1 is 1.04 bits per heavy atom. The maximum Gasteiger partial charge on any atom is 0.315 e. The van der Waals surface area contributed by atoms with Gasteiger partial charge < -0.3 is 15.1 Å². The fourth-order valence-electron chi connectivity index (χ4n) is 2.19. The molecule has 5 nitrogen and oxygen atoms in total. The van der Waals surface area contributed by atoms with E-state index in [0.717, 1.165) is 22.5 Å². The summed E-state index contributed by atoms with van der Waals surface area (Å²) in [5, 5.41) is 5.48. The topological polar surface area (TPSA) is 67.2 Å². The van der Waals surface area contributed by atoms with Crippen LogP contribution in [0.4, 0.5) is 9.18 Å². The Labute approximate surface area is 138 Å². The van der Waals surface area contributed by atoms with E-state index in [1.54, 1.807) is 30.8 Å². The molecule has 122 valence electrons. The second-order valence-corrected chi connectivity index (χ2v) is 5.22. The average molecular weight is 325 g/mol. The number of hydrogen-bond acceptors (Lipinski definition) is 3.